The van der Waals surface area contributed by atoms with Gasteiger partial charge in [-0.2, -0.15) is 13.2 Å². The number of hydrogen-bond acceptors (Lipinski definition) is 5. The van der Waals surface area contributed by atoms with Gasteiger partial charge in [-0.25, -0.2) is 9.78 Å². The Morgan fingerprint density at radius 2 is 1.79 bits per heavy atom. The number of aliphatic carboxylic acids is 2. The third-order valence-electron chi connectivity index (χ3n) is 5.72. The van der Waals surface area contributed by atoms with Crippen molar-refractivity contribution in [2.75, 3.05) is 18.5 Å². The molecule has 0 amide bonds. The van der Waals surface area contributed by atoms with E-state index in [-0.39, 0.29) is 12.3 Å². The number of carbonyl (C=O) groups is 2. The van der Waals surface area contributed by atoms with E-state index in [0.29, 0.717) is 6.61 Å². The Labute approximate surface area is 222 Å². The number of nitrogens with zero attached hydrogens (tertiary/aromatic N) is 1. The number of carboxylic acid groups (broad SMARTS) is 2. The highest BCUT2D eigenvalue weighted by Gasteiger charge is 2.38. The molecule has 0 spiro atoms. The highest BCUT2D eigenvalue weighted by molar-refractivity contribution is 5.86. The molecule has 2 aromatic heterocycles. The molecule has 0 aliphatic heterocycles. The lowest BCUT2D eigenvalue weighted by atomic mass is 9.88. The van der Waals surface area contributed by atoms with Crippen molar-refractivity contribution in [3.05, 3.63) is 89.7 Å². The molecule has 0 aliphatic carbocycles. The number of aromatic amines is 1. The first-order valence-electron chi connectivity index (χ1n) is 12.0. The van der Waals surface area contributed by atoms with E-state index in [0.717, 1.165) is 52.1 Å². The number of pyridine rings is 1. The first-order valence-corrected chi connectivity index (χ1v) is 12.0. The molecule has 0 aliphatic rings. The number of rotatable bonds is 10. The van der Waals surface area contributed by atoms with Crippen LogP contribution in [0.1, 0.15) is 35.4 Å². The van der Waals surface area contributed by atoms with Gasteiger partial charge in [-0.05, 0) is 48.7 Å². The highest BCUT2D eigenvalue weighted by Crippen LogP contribution is 2.35. The smallest absolute Gasteiger partial charge is 0.490 e. The number of halogens is 3. The van der Waals surface area contributed by atoms with E-state index in [1.165, 1.54) is 0 Å². The monoisotopic (exact) mass is 543 g/mol. The van der Waals surface area contributed by atoms with Crippen molar-refractivity contribution >= 4 is 28.7 Å². The topological polar surface area (TPSA) is 125 Å². The van der Waals surface area contributed by atoms with Gasteiger partial charge < -0.3 is 25.3 Å². The number of aromatic nitrogens is 2. The van der Waals surface area contributed by atoms with Crippen molar-refractivity contribution in [2.45, 2.75) is 31.9 Å². The van der Waals surface area contributed by atoms with Crippen molar-refractivity contribution in [1.82, 2.24) is 9.97 Å². The second-order valence-electron chi connectivity index (χ2n) is 8.66. The predicted molar refractivity (Wildman–Crippen MR) is 140 cm³/mol. The Morgan fingerprint density at radius 1 is 1.08 bits per heavy atom. The van der Waals surface area contributed by atoms with Crippen LogP contribution in [0.5, 0.6) is 5.75 Å². The summed E-state index contributed by atoms with van der Waals surface area (Å²) in [6, 6.07) is 19.8. The maximum Gasteiger partial charge on any atom is 0.490 e. The Kier molecular flexibility index (Phi) is 9.91. The van der Waals surface area contributed by atoms with Gasteiger partial charge in [-0.3, -0.25) is 4.79 Å². The number of anilines is 1. The molecule has 0 saturated heterocycles. The fraction of sp³-hybridized carbons (Fsp3) is 0.250. The summed E-state index contributed by atoms with van der Waals surface area (Å²) in [5, 5.41) is 20.9. The van der Waals surface area contributed by atoms with Gasteiger partial charge in [-0.15, -0.1) is 0 Å². The highest BCUT2D eigenvalue weighted by atomic mass is 19.4. The van der Waals surface area contributed by atoms with Gasteiger partial charge in [0, 0.05) is 41.8 Å². The number of benzene rings is 2. The normalized spacial score (nSPS) is 11.8. The molecule has 0 fully saturated rings. The van der Waals surface area contributed by atoms with Crippen LogP contribution >= 0.6 is 0 Å². The van der Waals surface area contributed by atoms with Crippen LogP contribution in [-0.2, 0) is 9.59 Å². The standard InChI is InChI=1S/C26H27N3O3.C2HF3O2/c1-18-6-8-19(9-7-18)22(16-26(30)31)23-17-29-24-15-20(10-11-21(23)24)32-14-4-13-28-25-5-2-3-12-27-25;3-2(4,5)1(6)7/h2-3,5-12,15,17,22,29H,4,13-14,16H2,1H3,(H,27,28)(H,30,31);(H,6,7). The van der Waals surface area contributed by atoms with Crippen molar-refractivity contribution in [2.24, 2.45) is 0 Å². The summed E-state index contributed by atoms with van der Waals surface area (Å²) in [5.41, 5.74) is 4.07. The van der Waals surface area contributed by atoms with Crippen molar-refractivity contribution in [3.63, 3.8) is 0 Å². The van der Waals surface area contributed by atoms with Crippen LogP contribution in [-0.4, -0.2) is 51.4 Å². The van der Waals surface area contributed by atoms with Crippen molar-refractivity contribution in [1.29, 1.82) is 0 Å². The number of H-pyrrole nitrogens is 1. The SMILES string of the molecule is Cc1ccc(C(CC(=O)O)c2c[nH]c3cc(OCCCNc4ccccn4)ccc23)cc1.O=C(O)C(F)(F)F. The van der Waals surface area contributed by atoms with E-state index in [4.69, 9.17) is 14.6 Å². The summed E-state index contributed by atoms with van der Waals surface area (Å²) in [5.74, 6) is -2.14. The van der Waals surface area contributed by atoms with Crippen LogP contribution in [0.3, 0.4) is 0 Å². The number of aryl methyl sites for hydroxylation is 1. The van der Waals surface area contributed by atoms with E-state index < -0.39 is 18.1 Å². The maximum atomic E-state index is 11.6. The molecular weight excluding hydrogens is 515 g/mol. The minimum atomic E-state index is -5.08. The molecule has 2 aromatic carbocycles. The maximum absolute atomic E-state index is 11.6. The van der Waals surface area contributed by atoms with E-state index >= 15 is 0 Å². The summed E-state index contributed by atoms with van der Waals surface area (Å²) in [6.07, 6.45) is -0.520. The molecule has 4 N–H and O–H groups in total. The average Bonchev–Trinajstić information content (AvgIpc) is 3.31. The molecule has 1 atom stereocenters. The second-order valence-corrected chi connectivity index (χ2v) is 8.66. The Morgan fingerprint density at radius 3 is 2.41 bits per heavy atom. The van der Waals surface area contributed by atoms with Gasteiger partial charge in [0.05, 0.1) is 13.0 Å². The molecule has 8 nitrogen and oxygen atoms in total. The third-order valence-corrected chi connectivity index (χ3v) is 5.72. The van der Waals surface area contributed by atoms with Gasteiger partial charge in [-0.1, -0.05) is 35.9 Å². The van der Waals surface area contributed by atoms with Crippen LogP contribution < -0.4 is 10.1 Å². The fourth-order valence-electron chi connectivity index (χ4n) is 3.83. The number of fused-ring (bicyclic) bond motifs is 1. The first kappa shape index (κ1) is 29.0. The zero-order valence-corrected chi connectivity index (χ0v) is 21.0. The average molecular weight is 544 g/mol. The summed E-state index contributed by atoms with van der Waals surface area (Å²) < 4.78 is 37.6. The third kappa shape index (κ3) is 8.77. The van der Waals surface area contributed by atoms with E-state index in [9.17, 15) is 23.1 Å². The predicted octanol–water partition coefficient (Wildman–Crippen LogP) is 5.99. The zero-order chi connectivity index (χ0) is 28.4. The molecule has 4 aromatic rings. The summed E-state index contributed by atoms with van der Waals surface area (Å²) >= 11 is 0. The van der Waals surface area contributed by atoms with Crippen LogP contribution in [0.15, 0.2) is 73.1 Å². The Balaban J connectivity index is 0.000000532. The summed E-state index contributed by atoms with van der Waals surface area (Å²) in [7, 11) is 0. The second kappa shape index (κ2) is 13.3. The number of nitrogens with one attached hydrogen (secondary N) is 2. The molecule has 2 heterocycles. The largest absolute Gasteiger partial charge is 0.493 e. The van der Waals surface area contributed by atoms with Gasteiger partial charge >= 0.3 is 18.1 Å². The van der Waals surface area contributed by atoms with Gasteiger partial charge in [0.25, 0.3) is 0 Å². The molecule has 11 heteroatoms. The molecule has 39 heavy (non-hydrogen) atoms. The number of alkyl halides is 3. The molecule has 206 valence electrons. The van der Waals surface area contributed by atoms with Gasteiger partial charge in [0.15, 0.2) is 0 Å². The Bertz CT molecular complexity index is 1370. The lowest BCUT2D eigenvalue weighted by molar-refractivity contribution is -0.192. The van der Waals surface area contributed by atoms with Gasteiger partial charge in [0.2, 0.25) is 0 Å². The summed E-state index contributed by atoms with van der Waals surface area (Å²) in [6.45, 7) is 3.39. The quantitative estimate of drug-likeness (QED) is 0.181. The van der Waals surface area contributed by atoms with Gasteiger partial charge in [0.1, 0.15) is 11.6 Å². The molecule has 0 bridgehead atoms. The lowest BCUT2D eigenvalue weighted by Gasteiger charge is -2.15. The number of hydrogen-bond donors (Lipinski definition) is 4. The van der Waals surface area contributed by atoms with Crippen LogP contribution in [0.25, 0.3) is 10.9 Å². The fourth-order valence-corrected chi connectivity index (χ4v) is 3.83. The Hall–Kier alpha value is -4.54. The molecule has 0 radical (unpaired) electrons. The van der Waals surface area contributed by atoms with Crippen LogP contribution in [0.2, 0.25) is 0 Å². The molecule has 4 rings (SSSR count). The lowest BCUT2D eigenvalue weighted by Crippen LogP contribution is -2.21. The van der Waals surface area contributed by atoms with Crippen molar-refractivity contribution < 1.29 is 37.7 Å². The number of carboxylic acids is 2. The minimum absolute atomic E-state index is 0.0392. The van der Waals surface area contributed by atoms with E-state index in [2.05, 4.69) is 15.3 Å². The first-order chi connectivity index (χ1) is 18.5. The zero-order valence-electron chi connectivity index (χ0n) is 21.0. The number of ether oxygens (including phenoxy) is 1. The van der Waals surface area contributed by atoms with Crippen molar-refractivity contribution in [3.8, 4) is 5.75 Å². The van der Waals surface area contributed by atoms with E-state index in [1.54, 1.807) is 6.20 Å². The molecule has 0 saturated carbocycles. The van der Waals surface area contributed by atoms with E-state index in [1.807, 2.05) is 73.8 Å². The molecular formula is C28H28F3N3O5. The van der Waals surface area contributed by atoms with Crippen LogP contribution in [0, 0.1) is 6.92 Å². The molecule has 1 unspecified atom stereocenters. The summed E-state index contributed by atoms with van der Waals surface area (Å²) in [4.78, 5) is 28.0. The minimum Gasteiger partial charge on any atom is -0.493 e. The van der Waals surface area contributed by atoms with Crippen LogP contribution in [0.4, 0.5) is 19.0 Å².